The topological polar surface area (TPSA) is 16.4 Å². The van der Waals surface area contributed by atoms with E-state index in [4.69, 9.17) is 29.1 Å². The van der Waals surface area contributed by atoms with E-state index in [9.17, 15) is 0 Å². The summed E-state index contributed by atoms with van der Waals surface area (Å²) in [4.78, 5) is 1.81. The van der Waals surface area contributed by atoms with Gasteiger partial charge in [-0.05, 0) is 103 Å². The summed E-state index contributed by atoms with van der Waals surface area (Å²) in [5.41, 5.74) is -0.725. The molecule has 2 aliphatic carbocycles. The lowest BCUT2D eigenvalue weighted by Gasteiger charge is -2.33. The van der Waals surface area contributed by atoms with Crippen LogP contribution in [0.15, 0.2) is 144 Å². The summed E-state index contributed by atoms with van der Waals surface area (Å²) in [7, 11) is 0. The molecule has 0 bridgehead atoms. The highest BCUT2D eigenvalue weighted by atomic mass is 16.3. The minimum absolute atomic E-state index is 0.142. The van der Waals surface area contributed by atoms with Crippen molar-refractivity contribution in [3.05, 3.63) is 173 Å². The van der Waals surface area contributed by atoms with E-state index in [1.165, 1.54) is 30.3 Å². The zero-order chi connectivity index (χ0) is 55.5. The lowest BCUT2D eigenvalue weighted by Crippen LogP contribution is -2.20. The molecule has 0 fully saturated rings. The Balaban J connectivity index is 1.32. The third-order valence-electron chi connectivity index (χ3n) is 12.5. The van der Waals surface area contributed by atoms with Crippen LogP contribution in [0.4, 0.5) is 17.1 Å². The maximum Gasteiger partial charge on any atom is 0.143 e. The standard InChI is InChI=1S/C56H53NO/c1-53(2,3)35-24-28-44-46(30-35)56(9,10)48-31-36(54(4,5)6)32-49(51(44)48)57(38-27-29-41-40-16-11-13-20-45(40)55(7,8)47(41)33-38)37-25-22-34(23-26-37)39-18-15-19-43-42-17-12-14-21-50(42)58-52(39)43/h11-33H,1-10H3/i1D3,2D3,3D3,4D3,5D3,6D3. The van der Waals surface area contributed by atoms with Crippen LogP contribution in [0.2, 0.25) is 0 Å². The van der Waals surface area contributed by atoms with Crippen LogP contribution in [0.1, 0.15) is 127 Å². The molecule has 0 unspecified atom stereocenters. The molecule has 10 rings (SSSR count). The summed E-state index contributed by atoms with van der Waals surface area (Å²) >= 11 is 0. The zero-order valence-electron chi connectivity index (χ0n) is 50.6. The summed E-state index contributed by atoms with van der Waals surface area (Å²) in [6.45, 7) is -14.3. The minimum Gasteiger partial charge on any atom is -0.455 e. The molecule has 8 aromatic rings. The first-order valence-electron chi connectivity index (χ1n) is 28.4. The van der Waals surface area contributed by atoms with E-state index >= 15 is 0 Å². The fourth-order valence-electron chi connectivity index (χ4n) is 9.48. The van der Waals surface area contributed by atoms with Crippen molar-refractivity contribution in [2.24, 2.45) is 0 Å². The van der Waals surface area contributed by atoms with Crippen LogP contribution in [-0.4, -0.2) is 0 Å². The molecule has 0 aliphatic heterocycles. The van der Waals surface area contributed by atoms with Crippen LogP contribution >= 0.6 is 0 Å². The van der Waals surface area contributed by atoms with Gasteiger partial charge in [-0.15, -0.1) is 0 Å². The van der Waals surface area contributed by atoms with E-state index in [0.29, 0.717) is 33.7 Å². The van der Waals surface area contributed by atoms with E-state index in [0.717, 1.165) is 44.2 Å². The first-order valence-corrected chi connectivity index (χ1v) is 19.4. The molecular weight excluding hydrogens is 703 g/mol. The van der Waals surface area contributed by atoms with Crippen LogP contribution in [-0.2, 0) is 21.7 Å². The SMILES string of the molecule is [2H]C([2H])([2H])C(c1ccc2c(c1)C(C)(C)c1cc(C(C([2H])([2H])[2H])(C([2H])([2H])[2H])C([2H])([2H])[2H])cc(N(c3ccc(-c4cccc5c4oc4ccccc45)cc3)c3ccc4c(c3)C(C)(C)c3ccccc3-4)c1-2)(C([2H])([2H])[2H])C([2H])([2H])[2H]. The van der Waals surface area contributed by atoms with Crippen molar-refractivity contribution in [3.63, 3.8) is 0 Å². The second kappa shape index (κ2) is 12.3. The molecule has 2 nitrogen and oxygen atoms in total. The zero-order valence-corrected chi connectivity index (χ0v) is 32.6. The third kappa shape index (κ3) is 5.37. The molecule has 7 aromatic carbocycles. The monoisotopic (exact) mass is 774 g/mol. The van der Waals surface area contributed by atoms with Crippen molar-refractivity contribution < 1.29 is 29.1 Å². The maximum absolute atomic E-state index is 8.91. The van der Waals surface area contributed by atoms with Gasteiger partial charge in [0.15, 0.2) is 0 Å². The molecule has 0 atom stereocenters. The molecule has 0 saturated heterocycles. The van der Waals surface area contributed by atoms with Crippen LogP contribution in [0.3, 0.4) is 0 Å². The lowest BCUT2D eigenvalue weighted by atomic mass is 9.77. The predicted octanol–water partition coefficient (Wildman–Crippen LogP) is 15.9. The Hall–Kier alpha value is -5.86. The van der Waals surface area contributed by atoms with Gasteiger partial charge < -0.3 is 9.32 Å². The summed E-state index contributed by atoms with van der Waals surface area (Å²) in [6.07, 6.45) is 0. The summed E-state index contributed by atoms with van der Waals surface area (Å²) in [5, 5.41) is 1.85. The molecular formula is C56H53NO. The van der Waals surface area contributed by atoms with Crippen molar-refractivity contribution in [2.75, 3.05) is 4.90 Å². The number of anilines is 3. The van der Waals surface area contributed by atoms with E-state index in [2.05, 4.69) is 19.9 Å². The molecule has 2 aliphatic rings. The summed E-state index contributed by atoms with van der Waals surface area (Å²) in [6, 6.07) is 41.4. The second-order valence-corrected chi connectivity index (χ2v) is 16.9. The fraction of sp³-hybridized carbons (Fsp3) is 0.250. The Morgan fingerprint density at radius 2 is 1.09 bits per heavy atom. The number of para-hydroxylation sites is 2. The van der Waals surface area contributed by atoms with E-state index in [1.807, 2.05) is 108 Å². The molecule has 288 valence electrons. The van der Waals surface area contributed by atoms with Gasteiger partial charge in [-0.1, -0.05) is 172 Å². The van der Waals surface area contributed by atoms with Gasteiger partial charge in [-0.25, -0.2) is 0 Å². The van der Waals surface area contributed by atoms with Crippen LogP contribution in [0.25, 0.3) is 55.3 Å². The molecule has 2 heteroatoms. The fourth-order valence-corrected chi connectivity index (χ4v) is 9.48. The first kappa shape index (κ1) is 21.8. The smallest absolute Gasteiger partial charge is 0.143 e. The van der Waals surface area contributed by atoms with Crippen LogP contribution < -0.4 is 4.90 Å². The predicted molar refractivity (Wildman–Crippen MR) is 246 cm³/mol. The number of rotatable bonds is 4. The molecule has 0 N–H and O–H groups in total. The maximum atomic E-state index is 8.91. The number of hydrogen-bond donors (Lipinski definition) is 0. The molecule has 0 amide bonds. The van der Waals surface area contributed by atoms with Gasteiger partial charge in [0.2, 0.25) is 0 Å². The van der Waals surface area contributed by atoms with E-state index in [-0.39, 0.29) is 16.8 Å². The minimum atomic E-state index is -3.69. The highest BCUT2D eigenvalue weighted by molar-refractivity contribution is 6.09. The summed E-state index contributed by atoms with van der Waals surface area (Å²) < 4.78 is 164. The quantitative estimate of drug-likeness (QED) is 0.177. The number of fused-ring (bicyclic) bond motifs is 9. The highest BCUT2D eigenvalue weighted by Gasteiger charge is 2.41. The van der Waals surface area contributed by atoms with E-state index in [1.54, 1.807) is 13.8 Å². The number of benzene rings is 7. The van der Waals surface area contributed by atoms with Gasteiger partial charge in [0.25, 0.3) is 0 Å². The lowest BCUT2D eigenvalue weighted by molar-refractivity contribution is 0.580. The van der Waals surface area contributed by atoms with Crippen molar-refractivity contribution in [3.8, 4) is 33.4 Å². The Labute approximate surface area is 369 Å². The molecule has 1 aromatic heterocycles. The second-order valence-electron chi connectivity index (χ2n) is 16.9. The molecule has 0 spiro atoms. The van der Waals surface area contributed by atoms with Crippen molar-refractivity contribution in [1.82, 2.24) is 0 Å². The van der Waals surface area contributed by atoms with Gasteiger partial charge in [0, 0.05) is 68.8 Å². The molecule has 1 heterocycles. The van der Waals surface area contributed by atoms with Gasteiger partial charge >= 0.3 is 0 Å². The normalized spacial score (nSPS) is 20.9. The Kier molecular flexibility index (Phi) is 4.63. The first-order chi connectivity index (χ1) is 35.0. The Morgan fingerprint density at radius 1 is 0.483 bits per heavy atom. The van der Waals surface area contributed by atoms with Crippen molar-refractivity contribution >= 4 is 39.0 Å². The molecule has 0 radical (unpaired) electrons. The largest absolute Gasteiger partial charge is 0.455 e. The van der Waals surface area contributed by atoms with Crippen LogP contribution in [0.5, 0.6) is 0 Å². The number of hydrogen-bond acceptors (Lipinski definition) is 2. The average Bonchev–Trinajstić information content (AvgIpc) is 3.91. The highest BCUT2D eigenvalue weighted by Crippen LogP contribution is 2.57. The Bertz CT molecular complexity index is 3570. The average molecular weight is 774 g/mol. The van der Waals surface area contributed by atoms with Gasteiger partial charge in [-0.2, -0.15) is 0 Å². The van der Waals surface area contributed by atoms with Crippen molar-refractivity contribution in [1.29, 1.82) is 0 Å². The van der Waals surface area contributed by atoms with Gasteiger partial charge in [0.1, 0.15) is 11.2 Å². The van der Waals surface area contributed by atoms with E-state index < -0.39 is 73.9 Å². The van der Waals surface area contributed by atoms with Crippen molar-refractivity contribution in [2.45, 2.75) is 90.5 Å². The molecule has 0 saturated carbocycles. The molecule has 58 heavy (non-hydrogen) atoms. The number of nitrogens with zero attached hydrogens (tertiary/aromatic N) is 1. The Morgan fingerprint density at radius 3 is 1.88 bits per heavy atom. The van der Waals surface area contributed by atoms with Crippen LogP contribution in [0, 0.1) is 0 Å². The van der Waals surface area contributed by atoms with Gasteiger partial charge in [0.05, 0.1) is 5.69 Å². The third-order valence-corrected chi connectivity index (χ3v) is 12.5. The summed E-state index contributed by atoms with van der Waals surface area (Å²) in [5.74, 6) is 0. The van der Waals surface area contributed by atoms with Gasteiger partial charge in [-0.3, -0.25) is 0 Å². The number of furan rings is 1.